The summed E-state index contributed by atoms with van der Waals surface area (Å²) >= 11 is 0. The molecule has 1 aliphatic rings. The number of hydrogen-bond donors (Lipinski definition) is 2. The number of H-pyrrole nitrogens is 1. The fourth-order valence-electron chi connectivity index (χ4n) is 2.88. The van der Waals surface area contributed by atoms with Crippen LogP contribution in [0.15, 0.2) is 18.5 Å². The summed E-state index contributed by atoms with van der Waals surface area (Å²) in [4.78, 5) is 29.5. The third-order valence-corrected chi connectivity index (χ3v) is 3.85. The Labute approximate surface area is 122 Å². The van der Waals surface area contributed by atoms with Gasteiger partial charge in [-0.05, 0) is 33.0 Å². The highest BCUT2D eigenvalue weighted by Gasteiger charge is 2.39. The Balaban J connectivity index is 2.03. The predicted octanol–water partition coefficient (Wildman–Crippen LogP) is 1.25. The molecule has 0 aliphatic carbocycles. The van der Waals surface area contributed by atoms with Gasteiger partial charge in [-0.2, -0.15) is 0 Å². The van der Waals surface area contributed by atoms with Crippen LogP contribution in [-0.4, -0.2) is 49.5 Å². The molecule has 2 N–H and O–H groups in total. The third kappa shape index (κ3) is 2.52. The quantitative estimate of drug-likeness (QED) is 0.882. The molecule has 2 aromatic heterocycles. The van der Waals surface area contributed by atoms with Crippen LogP contribution < -0.4 is 0 Å². The number of aryl methyl sites for hydroxylation is 1. The number of aromatic amines is 1. The minimum Gasteiger partial charge on any atom is -0.481 e. The summed E-state index contributed by atoms with van der Waals surface area (Å²) in [6.07, 6.45) is 3.99. The van der Waals surface area contributed by atoms with Crippen molar-refractivity contribution in [3.63, 3.8) is 0 Å². The van der Waals surface area contributed by atoms with Crippen molar-refractivity contribution in [1.29, 1.82) is 0 Å². The van der Waals surface area contributed by atoms with E-state index in [4.69, 9.17) is 0 Å². The van der Waals surface area contributed by atoms with Crippen molar-refractivity contribution in [3.05, 3.63) is 29.8 Å². The molecular formula is C14H17N5O2. The van der Waals surface area contributed by atoms with Crippen molar-refractivity contribution in [1.82, 2.24) is 24.8 Å². The Kier molecular flexibility index (Phi) is 3.42. The highest BCUT2D eigenvalue weighted by molar-refractivity contribution is 5.71. The Hall–Kier alpha value is -2.28. The number of aliphatic carboxylic acids is 1. The molecule has 0 spiro atoms. The average Bonchev–Trinajstić information content (AvgIpc) is 3.06. The first-order valence-electron chi connectivity index (χ1n) is 6.84. The van der Waals surface area contributed by atoms with Crippen molar-refractivity contribution in [2.75, 3.05) is 13.6 Å². The number of hydrogen-bond acceptors (Lipinski definition) is 5. The SMILES string of the molecule is Cc1cc(C2C(C(=O)O)CCN2C)nc(-c2ncc[nH]2)n1. The van der Waals surface area contributed by atoms with Crippen LogP contribution in [-0.2, 0) is 4.79 Å². The number of rotatable bonds is 3. The van der Waals surface area contributed by atoms with E-state index in [1.165, 1.54) is 0 Å². The lowest BCUT2D eigenvalue weighted by molar-refractivity contribution is -0.142. The molecule has 1 fully saturated rings. The molecule has 2 atom stereocenters. The van der Waals surface area contributed by atoms with Gasteiger partial charge in [-0.15, -0.1) is 0 Å². The number of nitrogens with one attached hydrogen (secondary N) is 1. The number of nitrogens with zero attached hydrogens (tertiary/aromatic N) is 4. The number of imidazole rings is 1. The second-order valence-corrected chi connectivity index (χ2v) is 5.35. The maximum absolute atomic E-state index is 11.4. The zero-order chi connectivity index (χ0) is 15.0. The molecule has 1 aliphatic heterocycles. The van der Waals surface area contributed by atoms with E-state index < -0.39 is 11.9 Å². The molecule has 7 nitrogen and oxygen atoms in total. The number of carbonyl (C=O) groups is 1. The fourth-order valence-corrected chi connectivity index (χ4v) is 2.88. The zero-order valence-corrected chi connectivity index (χ0v) is 11.9. The van der Waals surface area contributed by atoms with E-state index in [0.717, 1.165) is 17.9 Å². The van der Waals surface area contributed by atoms with Crippen LogP contribution in [0.1, 0.15) is 23.9 Å². The van der Waals surface area contributed by atoms with E-state index in [9.17, 15) is 9.90 Å². The molecule has 110 valence electrons. The third-order valence-electron chi connectivity index (χ3n) is 3.85. The van der Waals surface area contributed by atoms with E-state index >= 15 is 0 Å². The first kappa shape index (κ1) is 13.7. The smallest absolute Gasteiger partial charge is 0.308 e. The normalized spacial score (nSPS) is 22.6. The van der Waals surface area contributed by atoms with Gasteiger partial charge in [0.15, 0.2) is 11.6 Å². The van der Waals surface area contributed by atoms with Gasteiger partial charge in [0, 0.05) is 18.1 Å². The largest absolute Gasteiger partial charge is 0.481 e. The van der Waals surface area contributed by atoms with Gasteiger partial charge >= 0.3 is 5.97 Å². The molecule has 2 aromatic rings. The van der Waals surface area contributed by atoms with Crippen molar-refractivity contribution in [2.24, 2.45) is 5.92 Å². The van der Waals surface area contributed by atoms with Gasteiger partial charge in [0.2, 0.25) is 0 Å². The summed E-state index contributed by atoms with van der Waals surface area (Å²) in [5, 5.41) is 9.40. The van der Waals surface area contributed by atoms with Crippen LogP contribution in [0.5, 0.6) is 0 Å². The number of carboxylic acid groups (broad SMARTS) is 1. The van der Waals surface area contributed by atoms with E-state index in [1.54, 1.807) is 12.4 Å². The van der Waals surface area contributed by atoms with Crippen LogP contribution >= 0.6 is 0 Å². The fraction of sp³-hybridized carbons (Fsp3) is 0.429. The van der Waals surface area contributed by atoms with Crippen molar-refractivity contribution < 1.29 is 9.90 Å². The van der Waals surface area contributed by atoms with Gasteiger partial charge in [0.25, 0.3) is 0 Å². The number of carboxylic acids is 1. The standard InChI is InChI=1S/C14H17N5O2/c1-8-7-10(11-9(14(20)21)3-6-19(11)2)18-13(17-8)12-15-4-5-16-12/h4-5,7,9,11H,3,6H2,1-2H3,(H,15,16)(H,20,21). The molecule has 1 saturated heterocycles. The monoisotopic (exact) mass is 287 g/mol. The first-order chi connectivity index (χ1) is 10.1. The summed E-state index contributed by atoms with van der Waals surface area (Å²) < 4.78 is 0. The Morgan fingerprint density at radius 2 is 2.29 bits per heavy atom. The van der Waals surface area contributed by atoms with Crippen molar-refractivity contribution >= 4 is 5.97 Å². The Bertz CT molecular complexity index is 655. The summed E-state index contributed by atoms with van der Waals surface area (Å²) in [5.41, 5.74) is 1.54. The van der Waals surface area contributed by atoms with Crippen LogP contribution in [0.2, 0.25) is 0 Å². The molecule has 3 rings (SSSR count). The second kappa shape index (κ2) is 5.25. The van der Waals surface area contributed by atoms with E-state index in [2.05, 4.69) is 19.9 Å². The van der Waals surface area contributed by atoms with E-state index in [1.807, 2.05) is 24.9 Å². The van der Waals surface area contributed by atoms with E-state index in [-0.39, 0.29) is 6.04 Å². The Morgan fingerprint density at radius 3 is 2.95 bits per heavy atom. The molecule has 3 heterocycles. The van der Waals surface area contributed by atoms with Crippen molar-refractivity contribution in [3.8, 4) is 11.6 Å². The lowest BCUT2D eigenvalue weighted by atomic mass is 9.97. The molecule has 0 amide bonds. The molecule has 0 aromatic carbocycles. The van der Waals surface area contributed by atoms with Crippen molar-refractivity contribution in [2.45, 2.75) is 19.4 Å². The highest BCUT2D eigenvalue weighted by atomic mass is 16.4. The predicted molar refractivity (Wildman–Crippen MR) is 75.5 cm³/mol. The van der Waals surface area contributed by atoms with Gasteiger partial charge in [-0.1, -0.05) is 0 Å². The Morgan fingerprint density at radius 1 is 1.48 bits per heavy atom. The van der Waals surface area contributed by atoms with Gasteiger partial charge < -0.3 is 10.1 Å². The molecule has 7 heteroatoms. The lowest BCUT2D eigenvalue weighted by Gasteiger charge is -2.22. The zero-order valence-electron chi connectivity index (χ0n) is 11.9. The topological polar surface area (TPSA) is 95.0 Å². The summed E-state index contributed by atoms with van der Waals surface area (Å²) in [6.45, 7) is 2.63. The minimum absolute atomic E-state index is 0.224. The lowest BCUT2D eigenvalue weighted by Crippen LogP contribution is -2.26. The maximum atomic E-state index is 11.4. The molecule has 2 unspecified atom stereocenters. The van der Waals surface area contributed by atoms with Gasteiger partial charge in [0.1, 0.15) is 0 Å². The summed E-state index contributed by atoms with van der Waals surface area (Å²) in [6, 6.07) is 1.63. The van der Waals surface area contributed by atoms with Crippen LogP contribution in [0.25, 0.3) is 11.6 Å². The van der Waals surface area contributed by atoms with Crippen LogP contribution in [0.4, 0.5) is 0 Å². The van der Waals surface area contributed by atoms with Gasteiger partial charge in [-0.25, -0.2) is 15.0 Å². The molecule has 0 radical (unpaired) electrons. The molecule has 0 bridgehead atoms. The number of aromatic nitrogens is 4. The molecular weight excluding hydrogens is 270 g/mol. The highest BCUT2D eigenvalue weighted by Crippen LogP contribution is 2.35. The number of likely N-dealkylation sites (tertiary alicyclic amines) is 1. The van der Waals surface area contributed by atoms with Gasteiger partial charge in [0.05, 0.1) is 17.7 Å². The average molecular weight is 287 g/mol. The van der Waals surface area contributed by atoms with Gasteiger partial charge in [-0.3, -0.25) is 9.69 Å². The van der Waals surface area contributed by atoms with E-state index in [0.29, 0.717) is 18.1 Å². The minimum atomic E-state index is -0.778. The summed E-state index contributed by atoms with van der Waals surface area (Å²) in [7, 11) is 1.93. The molecule has 0 saturated carbocycles. The second-order valence-electron chi connectivity index (χ2n) is 5.35. The molecule has 21 heavy (non-hydrogen) atoms. The first-order valence-corrected chi connectivity index (χ1v) is 6.84. The maximum Gasteiger partial charge on any atom is 0.308 e. The van der Waals surface area contributed by atoms with Crippen LogP contribution in [0, 0.1) is 12.8 Å². The van der Waals surface area contributed by atoms with Crippen LogP contribution in [0.3, 0.4) is 0 Å². The summed E-state index contributed by atoms with van der Waals surface area (Å²) in [5.74, 6) is -0.124.